The predicted molar refractivity (Wildman–Crippen MR) is 74.3 cm³/mol. The first-order valence-electron chi connectivity index (χ1n) is 6.51. The average Bonchev–Trinajstić information content (AvgIpc) is 2.29. The number of rotatable bonds is 7. The van der Waals surface area contributed by atoms with Crippen LogP contribution in [-0.4, -0.2) is 25.1 Å². The SMILES string of the molecule is CCCN(C)c1cccc(CNCC(C)C)n1. The fourth-order valence-corrected chi connectivity index (χ4v) is 1.72. The lowest BCUT2D eigenvalue weighted by Gasteiger charge is -2.17. The summed E-state index contributed by atoms with van der Waals surface area (Å²) >= 11 is 0. The molecule has 1 aromatic rings. The zero-order valence-corrected chi connectivity index (χ0v) is 11.5. The predicted octanol–water partition coefficient (Wildman–Crippen LogP) is 2.67. The van der Waals surface area contributed by atoms with E-state index in [1.807, 2.05) is 0 Å². The first kappa shape index (κ1) is 14.0. The summed E-state index contributed by atoms with van der Waals surface area (Å²) in [5.74, 6) is 1.75. The topological polar surface area (TPSA) is 28.2 Å². The van der Waals surface area contributed by atoms with Gasteiger partial charge in [0, 0.05) is 20.1 Å². The van der Waals surface area contributed by atoms with E-state index in [0.29, 0.717) is 5.92 Å². The van der Waals surface area contributed by atoms with Crippen LogP contribution in [0.5, 0.6) is 0 Å². The monoisotopic (exact) mass is 235 g/mol. The summed E-state index contributed by atoms with van der Waals surface area (Å²) in [4.78, 5) is 6.85. The van der Waals surface area contributed by atoms with Crippen molar-refractivity contribution in [3.63, 3.8) is 0 Å². The highest BCUT2D eigenvalue weighted by Gasteiger charge is 2.02. The van der Waals surface area contributed by atoms with Crippen LogP contribution in [0.25, 0.3) is 0 Å². The number of pyridine rings is 1. The minimum absolute atomic E-state index is 0.681. The normalized spacial score (nSPS) is 10.9. The molecule has 0 radical (unpaired) electrons. The molecule has 0 atom stereocenters. The summed E-state index contributed by atoms with van der Waals surface area (Å²) in [5.41, 5.74) is 1.12. The molecule has 17 heavy (non-hydrogen) atoms. The molecule has 0 saturated heterocycles. The van der Waals surface area contributed by atoms with Crippen LogP contribution in [0, 0.1) is 5.92 Å². The summed E-state index contributed by atoms with van der Waals surface area (Å²) in [6, 6.07) is 6.24. The van der Waals surface area contributed by atoms with Gasteiger partial charge in [-0.3, -0.25) is 0 Å². The van der Waals surface area contributed by atoms with Crippen molar-refractivity contribution in [3.8, 4) is 0 Å². The second-order valence-corrected chi connectivity index (χ2v) is 4.93. The molecule has 0 aromatic carbocycles. The molecule has 1 aromatic heterocycles. The molecule has 0 unspecified atom stereocenters. The largest absolute Gasteiger partial charge is 0.360 e. The maximum atomic E-state index is 4.65. The Balaban J connectivity index is 2.53. The van der Waals surface area contributed by atoms with E-state index in [-0.39, 0.29) is 0 Å². The van der Waals surface area contributed by atoms with Crippen molar-refractivity contribution in [2.45, 2.75) is 33.7 Å². The zero-order chi connectivity index (χ0) is 12.7. The van der Waals surface area contributed by atoms with Gasteiger partial charge in [0.25, 0.3) is 0 Å². The van der Waals surface area contributed by atoms with Crippen molar-refractivity contribution < 1.29 is 0 Å². The van der Waals surface area contributed by atoms with Gasteiger partial charge >= 0.3 is 0 Å². The van der Waals surface area contributed by atoms with Gasteiger partial charge in [-0.25, -0.2) is 4.98 Å². The van der Waals surface area contributed by atoms with Crippen molar-refractivity contribution in [1.82, 2.24) is 10.3 Å². The zero-order valence-electron chi connectivity index (χ0n) is 11.5. The molecule has 3 nitrogen and oxygen atoms in total. The first-order chi connectivity index (χ1) is 8.13. The van der Waals surface area contributed by atoms with Crippen molar-refractivity contribution in [1.29, 1.82) is 0 Å². The van der Waals surface area contributed by atoms with Crippen LogP contribution in [-0.2, 0) is 6.54 Å². The Hall–Kier alpha value is -1.09. The maximum absolute atomic E-state index is 4.65. The Bertz CT molecular complexity index is 323. The maximum Gasteiger partial charge on any atom is 0.128 e. The number of nitrogens with zero attached hydrogens (tertiary/aromatic N) is 2. The van der Waals surface area contributed by atoms with Crippen LogP contribution in [0.4, 0.5) is 5.82 Å². The number of aromatic nitrogens is 1. The lowest BCUT2D eigenvalue weighted by Crippen LogP contribution is -2.22. The highest BCUT2D eigenvalue weighted by Crippen LogP contribution is 2.09. The molecule has 0 spiro atoms. The van der Waals surface area contributed by atoms with Gasteiger partial charge in [-0.1, -0.05) is 26.8 Å². The minimum Gasteiger partial charge on any atom is -0.360 e. The number of anilines is 1. The Morgan fingerprint density at radius 1 is 1.35 bits per heavy atom. The lowest BCUT2D eigenvalue weighted by atomic mass is 10.2. The van der Waals surface area contributed by atoms with Gasteiger partial charge in [0.15, 0.2) is 0 Å². The summed E-state index contributed by atoms with van der Waals surface area (Å²) in [5, 5.41) is 3.42. The van der Waals surface area contributed by atoms with E-state index >= 15 is 0 Å². The van der Waals surface area contributed by atoms with E-state index in [2.05, 4.69) is 61.2 Å². The van der Waals surface area contributed by atoms with Gasteiger partial charge in [0.1, 0.15) is 5.82 Å². The third-order valence-electron chi connectivity index (χ3n) is 2.60. The molecule has 0 amide bonds. The van der Waals surface area contributed by atoms with Gasteiger partial charge in [0.2, 0.25) is 0 Å². The van der Waals surface area contributed by atoms with E-state index in [4.69, 9.17) is 0 Å². The van der Waals surface area contributed by atoms with Crippen LogP contribution in [0.15, 0.2) is 18.2 Å². The van der Waals surface area contributed by atoms with E-state index in [1.165, 1.54) is 0 Å². The van der Waals surface area contributed by atoms with Crippen molar-refractivity contribution >= 4 is 5.82 Å². The standard InChI is InChI=1S/C14H25N3/c1-5-9-17(4)14-8-6-7-13(16-14)11-15-10-12(2)3/h6-8,12,15H,5,9-11H2,1-4H3. The van der Waals surface area contributed by atoms with Gasteiger partial charge in [-0.05, 0) is 31.0 Å². The summed E-state index contributed by atoms with van der Waals surface area (Å²) in [6.07, 6.45) is 1.15. The molecule has 96 valence electrons. The Morgan fingerprint density at radius 2 is 2.12 bits per heavy atom. The van der Waals surface area contributed by atoms with E-state index in [1.54, 1.807) is 0 Å². The van der Waals surface area contributed by atoms with Crippen LogP contribution in [0.1, 0.15) is 32.9 Å². The molecule has 1 N–H and O–H groups in total. The van der Waals surface area contributed by atoms with Gasteiger partial charge in [-0.2, -0.15) is 0 Å². The molecule has 0 aliphatic carbocycles. The minimum atomic E-state index is 0.681. The Morgan fingerprint density at radius 3 is 2.76 bits per heavy atom. The van der Waals surface area contributed by atoms with Crippen LogP contribution in [0.3, 0.4) is 0 Å². The second kappa shape index (κ2) is 7.28. The molecule has 0 aliphatic heterocycles. The van der Waals surface area contributed by atoms with E-state index < -0.39 is 0 Å². The molecular weight excluding hydrogens is 210 g/mol. The third kappa shape index (κ3) is 5.18. The molecular formula is C14H25N3. The van der Waals surface area contributed by atoms with Crippen LogP contribution < -0.4 is 10.2 Å². The Labute approximate surface area is 105 Å². The molecule has 1 rings (SSSR count). The summed E-state index contributed by atoms with van der Waals surface area (Å²) in [6.45, 7) is 9.56. The fraction of sp³-hybridized carbons (Fsp3) is 0.643. The van der Waals surface area contributed by atoms with Gasteiger partial charge in [-0.15, -0.1) is 0 Å². The van der Waals surface area contributed by atoms with Crippen molar-refractivity contribution in [2.24, 2.45) is 5.92 Å². The number of nitrogens with one attached hydrogen (secondary N) is 1. The van der Waals surface area contributed by atoms with Gasteiger partial charge in [0.05, 0.1) is 5.69 Å². The van der Waals surface area contributed by atoms with Crippen LogP contribution in [0.2, 0.25) is 0 Å². The molecule has 0 bridgehead atoms. The third-order valence-corrected chi connectivity index (χ3v) is 2.60. The Kier molecular flexibility index (Phi) is 5.98. The molecule has 1 heterocycles. The molecule has 0 aliphatic rings. The summed E-state index contributed by atoms with van der Waals surface area (Å²) < 4.78 is 0. The lowest BCUT2D eigenvalue weighted by molar-refractivity contribution is 0.548. The van der Waals surface area contributed by atoms with Crippen molar-refractivity contribution in [2.75, 3.05) is 25.0 Å². The average molecular weight is 235 g/mol. The fourth-order valence-electron chi connectivity index (χ4n) is 1.72. The molecule has 0 saturated carbocycles. The number of hydrogen-bond acceptors (Lipinski definition) is 3. The molecule has 3 heteroatoms. The first-order valence-corrected chi connectivity index (χ1v) is 6.51. The highest BCUT2D eigenvalue weighted by molar-refractivity contribution is 5.38. The van der Waals surface area contributed by atoms with E-state index in [0.717, 1.165) is 37.6 Å². The quantitative estimate of drug-likeness (QED) is 0.787. The second-order valence-electron chi connectivity index (χ2n) is 4.93. The smallest absolute Gasteiger partial charge is 0.128 e. The van der Waals surface area contributed by atoms with Crippen LogP contribution >= 0.6 is 0 Å². The van der Waals surface area contributed by atoms with E-state index in [9.17, 15) is 0 Å². The van der Waals surface area contributed by atoms with Gasteiger partial charge < -0.3 is 10.2 Å². The van der Waals surface area contributed by atoms with Crippen molar-refractivity contribution in [3.05, 3.63) is 23.9 Å². The summed E-state index contributed by atoms with van der Waals surface area (Å²) in [7, 11) is 2.09. The highest BCUT2D eigenvalue weighted by atomic mass is 15.2. The number of hydrogen-bond donors (Lipinski definition) is 1. The molecule has 0 fully saturated rings.